The largest absolute Gasteiger partial charge is 0.475 e. The van der Waals surface area contributed by atoms with Crippen LogP contribution >= 0.6 is 0 Å². The number of carbonyl (C=O) groups is 1. The number of hydrogen-bond acceptors (Lipinski definition) is 4. The van der Waals surface area contributed by atoms with E-state index in [0.29, 0.717) is 36.7 Å². The van der Waals surface area contributed by atoms with Gasteiger partial charge in [-0.05, 0) is 31.7 Å². The van der Waals surface area contributed by atoms with Gasteiger partial charge in [0.1, 0.15) is 5.75 Å². The van der Waals surface area contributed by atoms with Crippen LogP contribution in [0.5, 0.6) is 5.75 Å². The maximum Gasteiger partial charge on any atom is 0.335 e. The average molecular weight is 385 g/mol. The minimum atomic E-state index is -0.868. The second kappa shape index (κ2) is 5.56. The second-order valence-corrected chi connectivity index (χ2v) is 8.03. The van der Waals surface area contributed by atoms with Crippen LogP contribution in [0.4, 0.5) is 10.1 Å². The Morgan fingerprint density at radius 2 is 1.86 bits per heavy atom. The van der Waals surface area contributed by atoms with Crippen molar-refractivity contribution in [2.45, 2.75) is 38.2 Å². The van der Waals surface area contributed by atoms with Gasteiger partial charge in [0.15, 0.2) is 11.4 Å². The molecule has 8 heteroatoms. The van der Waals surface area contributed by atoms with Crippen LogP contribution in [0.2, 0.25) is 0 Å². The predicted molar refractivity (Wildman–Crippen MR) is 99.6 cm³/mol. The molecule has 28 heavy (non-hydrogen) atoms. The summed E-state index contributed by atoms with van der Waals surface area (Å²) < 4.78 is 22.9. The summed E-state index contributed by atoms with van der Waals surface area (Å²) in [5, 5.41) is 0. The van der Waals surface area contributed by atoms with E-state index in [-0.39, 0.29) is 17.3 Å². The van der Waals surface area contributed by atoms with Crippen LogP contribution in [-0.2, 0) is 11.8 Å². The van der Waals surface area contributed by atoms with Gasteiger partial charge in [0.05, 0.1) is 11.4 Å². The second-order valence-electron chi connectivity index (χ2n) is 8.03. The van der Waals surface area contributed by atoms with Gasteiger partial charge in [-0.15, -0.1) is 0 Å². The fourth-order valence-corrected chi connectivity index (χ4v) is 3.73. The molecule has 1 aromatic carbocycles. The predicted octanol–water partition coefficient (Wildman–Crippen LogP) is 1.65. The SMILES string of the molecule is Cc1cc(=O)n(-c2cc3c(cc2F)OC2(CC2)C(=O)N3CC2CC2)c(=O)n1C. The molecule has 0 N–H and O–H groups in total. The molecule has 2 fully saturated rings. The maximum absolute atomic E-state index is 14.9. The summed E-state index contributed by atoms with van der Waals surface area (Å²) in [4.78, 5) is 39.7. The third-order valence-electron chi connectivity index (χ3n) is 5.90. The molecule has 2 aliphatic carbocycles. The van der Waals surface area contributed by atoms with Gasteiger partial charge in [0.2, 0.25) is 0 Å². The number of anilines is 1. The molecule has 0 bridgehead atoms. The summed E-state index contributed by atoms with van der Waals surface area (Å²) in [6.07, 6.45) is 3.35. The van der Waals surface area contributed by atoms with Crippen molar-refractivity contribution in [3.8, 4) is 11.4 Å². The van der Waals surface area contributed by atoms with Crippen LogP contribution < -0.4 is 20.9 Å². The number of carbonyl (C=O) groups excluding carboxylic acids is 1. The summed E-state index contributed by atoms with van der Waals surface area (Å²) in [5.41, 5.74) is -1.40. The van der Waals surface area contributed by atoms with Crippen LogP contribution in [0.15, 0.2) is 27.8 Å². The summed E-state index contributed by atoms with van der Waals surface area (Å²) >= 11 is 0. The monoisotopic (exact) mass is 385 g/mol. The Labute approximate surface area is 160 Å². The highest BCUT2D eigenvalue weighted by Crippen LogP contribution is 2.50. The molecule has 3 aliphatic rings. The van der Waals surface area contributed by atoms with Crippen molar-refractivity contribution >= 4 is 11.6 Å². The summed E-state index contributed by atoms with van der Waals surface area (Å²) in [6, 6.07) is 3.85. The number of ether oxygens (including phenoxy) is 1. The molecule has 0 unspecified atom stereocenters. The highest BCUT2D eigenvalue weighted by Gasteiger charge is 2.58. The molecular formula is C20H20FN3O4. The van der Waals surface area contributed by atoms with Gasteiger partial charge < -0.3 is 14.2 Å². The first kappa shape index (κ1) is 17.2. The van der Waals surface area contributed by atoms with Crippen molar-refractivity contribution in [3.63, 3.8) is 0 Å². The first-order valence-electron chi connectivity index (χ1n) is 9.45. The molecule has 2 aromatic rings. The summed E-state index contributed by atoms with van der Waals surface area (Å²) in [7, 11) is 1.52. The van der Waals surface area contributed by atoms with Crippen molar-refractivity contribution in [2.24, 2.45) is 13.0 Å². The third-order valence-corrected chi connectivity index (χ3v) is 5.90. The van der Waals surface area contributed by atoms with E-state index in [0.717, 1.165) is 17.4 Å². The lowest BCUT2D eigenvalue weighted by Gasteiger charge is -2.35. The number of rotatable bonds is 3. The van der Waals surface area contributed by atoms with Gasteiger partial charge in [-0.1, -0.05) is 0 Å². The minimum Gasteiger partial charge on any atom is -0.475 e. The van der Waals surface area contributed by atoms with Crippen molar-refractivity contribution in [2.75, 3.05) is 11.4 Å². The van der Waals surface area contributed by atoms with E-state index in [4.69, 9.17) is 4.74 Å². The zero-order valence-electron chi connectivity index (χ0n) is 15.7. The number of hydrogen-bond donors (Lipinski definition) is 0. The molecule has 1 amide bonds. The van der Waals surface area contributed by atoms with Gasteiger partial charge >= 0.3 is 5.69 Å². The molecule has 1 aromatic heterocycles. The van der Waals surface area contributed by atoms with Crippen LogP contribution in [0, 0.1) is 18.7 Å². The smallest absolute Gasteiger partial charge is 0.335 e. The van der Waals surface area contributed by atoms with Gasteiger partial charge in [0, 0.05) is 44.3 Å². The highest BCUT2D eigenvalue weighted by molar-refractivity contribution is 6.05. The van der Waals surface area contributed by atoms with Crippen molar-refractivity contribution in [3.05, 3.63) is 50.5 Å². The molecule has 5 rings (SSSR count). The first-order chi connectivity index (χ1) is 13.3. The molecule has 1 spiro atoms. The van der Waals surface area contributed by atoms with E-state index >= 15 is 0 Å². The van der Waals surface area contributed by atoms with Gasteiger partial charge in [-0.2, -0.15) is 0 Å². The quantitative estimate of drug-likeness (QED) is 0.805. The summed E-state index contributed by atoms with van der Waals surface area (Å²) in [6.45, 7) is 2.18. The minimum absolute atomic E-state index is 0.117. The standard InChI is InChI=1S/C20H20FN3O4/c1-11-7-17(25)24(19(27)22(11)2)14-9-15-16(8-13(14)21)28-20(5-6-20)18(26)23(15)10-12-3-4-12/h7-9,12H,3-6,10H2,1-2H3. The molecule has 1 aliphatic heterocycles. The number of halogens is 1. The normalized spacial score (nSPS) is 19.5. The van der Waals surface area contributed by atoms with E-state index in [2.05, 4.69) is 0 Å². The average Bonchev–Trinajstić information content (AvgIpc) is 3.55. The molecule has 0 saturated heterocycles. The van der Waals surface area contributed by atoms with Crippen LogP contribution in [0.25, 0.3) is 5.69 Å². The topological polar surface area (TPSA) is 73.5 Å². The first-order valence-corrected chi connectivity index (χ1v) is 9.45. The van der Waals surface area contributed by atoms with Crippen molar-refractivity contribution < 1.29 is 13.9 Å². The number of aryl methyl sites for hydroxylation is 1. The van der Waals surface area contributed by atoms with E-state index < -0.39 is 22.7 Å². The van der Waals surface area contributed by atoms with E-state index in [1.54, 1.807) is 11.8 Å². The van der Waals surface area contributed by atoms with Crippen molar-refractivity contribution in [1.82, 2.24) is 9.13 Å². The number of benzene rings is 1. The lowest BCUT2D eigenvalue weighted by atomic mass is 10.1. The fourth-order valence-electron chi connectivity index (χ4n) is 3.73. The van der Waals surface area contributed by atoms with Crippen LogP contribution in [-0.4, -0.2) is 27.2 Å². The van der Waals surface area contributed by atoms with E-state index in [1.807, 2.05) is 0 Å². The summed E-state index contributed by atoms with van der Waals surface area (Å²) in [5.74, 6) is -0.142. The Bertz CT molecular complexity index is 1140. The maximum atomic E-state index is 14.9. The number of nitrogens with zero attached hydrogens (tertiary/aromatic N) is 3. The van der Waals surface area contributed by atoms with Gasteiger partial charge in [0.25, 0.3) is 11.5 Å². The molecule has 7 nitrogen and oxygen atoms in total. The molecule has 0 atom stereocenters. The fraction of sp³-hybridized carbons (Fsp3) is 0.450. The zero-order chi connectivity index (χ0) is 19.8. The van der Waals surface area contributed by atoms with Crippen LogP contribution in [0.1, 0.15) is 31.4 Å². The van der Waals surface area contributed by atoms with E-state index in [1.165, 1.54) is 29.8 Å². The van der Waals surface area contributed by atoms with Gasteiger partial charge in [-0.3, -0.25) is 9.59 Å². The number of fused-ring (bicyclic) bond motifs is 1. The molecule has 0 radical (unpaired) electrons. The molecule has 146 valence electrons. The lowest BCUT2D eigenvalue weighted by molar-refractivity contribution is -0.128. The Hall–Kier alpha value is -2.90. The highest BCUT2D eigenvalue weighted by atomic mass is 19.1. The third kappa shape index (κ3) is 2.43. The van der Waals surface area contributed by atoms with Crippen molar-refractivity contribution in [1.29, 1.82) is 0 Å². The Morgan fingerprint density at radius 3 is 2.50 bits per heavy atom. The zero-order valence-corrected chi connectivity index (χ0v) is 15.7. The molecular weight excluding hydrogens is 365 g/mol. The molecule has 2 saturated carbocycles. The Morgan fingerprint density at radius 1 is 1.14 bits per heavy atom. The number of aromatic nitrogens is 2. The number of amides is 1. The molecule has 2 heterocycles. The Balaban J connectivity index is 1.70. The lowest BCUT2D eigenvalue weighted by Crippen LogP contribution is -2.48. The Kier molecular flexibility index (Phi) is 3.42. The van der Waals surface area contributed by atoms with Crippen LogP contribution in [0.3, 0.4) is 0 Å². The van der Waals surface area contributed by atoms with E-state index in [9.17, 15) is 18.8 Å². The van der Waals surface area contributed by atoms with Gasteiger partial charge in [-0.25, -0.2) is 13.8 Å².